The van der Waals surface area contributed by atoms with Gasteiger partial charge in [-0.3, -0.25) is 4.68 Å². The molecule has 0 amide bonds. The standard InChI is InChI=1S/C15H26N2O/c1-12-9-14(17(2)16-12)11-15(18)10-13-7-5-3-4-6-8-13/h9,13,15,18H,3-8,10-11H2,1-2H3. The summed E-state index contributed by atoms with van der Waals surface area (Å²) in [4.78, 5) is 0. The molecule has 0 aromatic carbocycles. The highest BCUT2D eigenvalue weighted by atomic mass is 16.3. The Morgan fingerprint density at radius 1 is 1.33 bits per heavy atom. The first kappa shape index (κ1) is 13.6. The zero-order chi connectivity index (χ0) is 13.0. The fraction of sp³-hybridized carbons (Fsp3) is 0.800. The van der Waals surface area contributed by atoms with Crippen LogP contribution < -0.4 is 0 Å². The zero-order valence-corrected chi connectivity index (χ0v) is 11.7. The third kappa shape index (κ3) is 3.84. The first-order chi connectivity index (χ1) is 8.65. The topological polar surface area (TPSA) is 38.0 Å². The zero-order valence-electron chi connectivity index (χ0n) is 11.7. The molecule has 0 spiro atoms. The predicted octanol–water partition coefficient (Wildman–Crippen LogP) is 2.99. The minimum absolute atomic E-state index is 0.206. The number of hydrogen-bond acceptors (Lipinski definition) is 2. The molecule has 1 saturated carbocycles. The van der Waals surface area contributed by atoms with E-state index in [0.717, 1.165) is 30.1 Å². The van der Waals surface area contributed by atoms with Crippen LogP contribution in [0.1, 0.15) is 56.3 Å². The minimum atomic E-state index is -0.206. The molecule has 3 heteroatoms. The van der Waals surface area contributed by atoms with Gasteiger partial charge in [-0.25, -0.2) is 0 Å². The Hall–Kier alpha value is -0.830. The minimum Gasteiger partial charge on any atom is -0.393 e. The molecular weight excluding hydrogens is 224 g/mol. The molecule has 1 unspecified atom stereocenters. The molecule has 1 fully saturated rings. The predicted molar refractivity (Wildman–Crippen MR) is 73.5 cm³/mol. The lowest BCUT2D eigenvalue weighted by atomic mass is 9.92. The van der Waals surface area contributed by atoms with Crippen molar-refractivity contribution in [2.75, 3.05) is 0 Å². The van der Waals surface area contributed by atoms with Gasteiger partial charge in [-0.15, -0.1) is 0 Å². The molecule has 102 valence electrons. The van der Waals surface area contributed by atoms with Gasteiger partial charge in [0, 0.05) is 19.2 Å². The van der Waals surface area contributed by atoms with Crippen molar-refractivity contribution in [2.45, 2.75) is 64.4 Å². The van der Waals surface area contributed by atoms with Crippen molar-refractivity contribution in [1.82, 2.24) is 9.78 Å². The average Bonchev–Trinajstić information content (AvgIpc) is 2.54. The molecule has 2 rings (SSSR count). The number of aliphatic hydroxyl groups is 1. The van der Waals surface area contributed by atoms with Gasteiger partial charge in [0.1, 0.15) is 0 Å². The largest absolute Gasteiger partial charge is 0.393 e. The molecule has 3 nitrogen and oxygen atoms in total. The third-order valence-electron chi connectivity index (χ3n) is 4.12. The van der Waals surface area contributed by atoms with Crippen LogP contribution in [-0.2, 0) is 13.5 Å². The Kier molecular flexibility index (Phi) is 4.81. The molecular formula is C15H26N2O. The maximum absolute atomic E-state index is 10.2. The highest BCUT2D eigenvalue weighted by molar-refractivity contribution is 5.09. The van der Waals surface area contributed by atoms with Crippen molar-refractivity contribution in [3.05, 3.63) is 17.5 Å². The quantitative estimate of drug-likeness (QED) is 0.834. The van der Waals surface area contributed by atoms with E-state index in [-0.39, 0.29) is 6.10 Å². The van der Waals surface area contributed by atoms with Gasteiger partial charge in [0.2, 0.25) is 0 Å². The first-order valence-electron chi connectivity index (χ1n) is 7.32. The summed E-state index contributed by atoms with van der Waals surface area (Å²) in [5, 5.41) is 14.6. The van der Waals surface area contributed by atoms with Crippen molar-refractivity contribution in [2.24, 2.45) is 13.0 Å². The molecule has 0 radical (unpaired) electrons. The van der Waals surface area contributed by atoms with E-state index in [1.165, 1.54) is 38.5 Å². The molecule has 18 heavy (non-hydrogen) atoms. The molecule has 0 aliphatic heterocycles. The summed E-state index contributed by atoms with van der Waals surface area (Å²) >= 11 is 0. The van der Waals surface area contributed by atoms with Crippen LogP contribution in [0.3, 0.4) is 0 Å². The van der Waals surface area contributed by atoms with Gasteiger partial charge in [-0.2, -0.15) is 5.10 Å². The Morgan fingerprint density at radius 3 is 2.56 bits per heavy atom. The van der Waals surface area contributed by atoms with Crippen molar-refractivity contribution in [1.29, 1.82) is 0 Å². The summed E-state index contributed by atoms with van der Waals surface area (Å²) in [6.45, 7) is 2.00. The van der Waals surface area contributed by atoms with Gasteiger partial charge in [0.25, 0.3) is 0 Å². The number of rotatable bonds is 4. The fourth-order valence-electron chi connectivity index (χ4n) is 3.16. The van der Waals surface area contributed by atoms with Crippen molar-refractivity contribution in [3.63, 3.8) is 0 Å². The highest BCUT2D eigenvalue weighted by Gasteiger charge is 2.18. The number of aliphatic hydroxyl groups excluding tert-OH is 1. The normalized spacial score (nSPS) is 19.7. The third-order valence-corrected chi connectivity index (χ3v) is 4.12. The number of aromatic nitrogens is 2. The van der Waals surface area contributed by atoms with E-state index in [1.54, 1.807) is 0 Å². The van der Waals surface area contributed by atoms with Crippen LogP contribution >= 0.6 is 0 Å². The lowest BCUT2D eigenvalue weighted by Crippen LogP contribution is -2.17. The molecule has 1 aromatic heterocycles. The van der Waals surface area contributed by atoms with Gasteiger partial charge in [0.05, 0.1) is 11.8 Å². The molecule has 0 bridgehead atoms. The summed E-state index contributed by atoms with van der Waals surface area (Å²) in [5.74, 6) is 0.733. The lowest BCUT2D eigenvalue weighted by molar-refractivity contribution is 0.135. The number of nitrogens with zero attached hydrogens (tertiary/aromatic N) is 2. The Balaban J connectivity index is 1.84. The number of aryl methyl sites for hydroxylation is 2. The van der Waals surface area contributed by atoms with Gasteiger partial charge < -0.3 is 5.11 Å². The van der Waals surface area contributed by atoms with E-state index in [4.69, 9.17) is 0 Å². The summed E-state index contributed by atoms with van der Waals surface area (Å²) < 4.78 is 1.89. The van der Waals surface area contributed by atoms with Gasteiger partial charge >= 0.3 is 0 Å². The van der Waals surface area contributed by atoms with E-state index in [0.29, 0.717) is 0 Å². The Labute approximate surface area is 110 Å². The maximum Gasteiger partial charge on any atom is 0.0598 e. The number of hydrogen-bond donors (Lipinski definition) is 1. The molecule has 1 aliphatic carbocycles. The van der Waals surface area contributed by atoms with E-state index < -0.39 is 0 Å². The fourth-order valence-corrected chi connectivity index (χ4v) is 3.16. The van der Waals surface area contributed by atoms with Crippen molar-refractivity contribution < 1.29 is 5.11 Å². The van der Waals surface area contributed by atoms with Crippen molar-refractivity contribution >= 4 is 0 Å². The average molecular weight is 250 g/mol. The summed E-state index contributed by atoms with van der Waals surface area (Å²) in [6, 6.07) is 2.08. The van der Waals surface area contributed by atoms with Crippen LogP contribution in [0.15, 0.2) is 6.07 Å². The second kappa shape index (κ2) is 6.37. The Morgan fingerprint density at radius 2 is 2.00 bits per heavy atom. The molecule has 1 heterocycles. The molecule has 0 saturated heterocycles. The van der Waals surface area contributed by atoms with E-state index >= 15 is 0 Å². The first-order valence-corrected chi connectivity index (χ1v) is 7.32. The summed E-state index contributed by atoms with van der Waals surface area (Å²) in [6.07, 6.45) is 9.58. The van der Waals surface area contributed by atoms with Gasteiger partial charge in [-0.1, -0.05) is 38.5 Å². The van der Waals surface area contributed by atoms with E-state index in [9.17, 15) is 5.11 Å². The highest BCUT2D eigenvalue weighted by Crippen LogP contribution is 2.27. The molecule has 1 atom stereocenters. The lowest BCUT2D eigenvalue weighted by Gasteiger charge is -2.18. The van der Waals surface area contributed by atoms with Crippen LogP contribution in [0.25, 0.3) is 0 Å². The second-order valence-electron chi connectivity index (χ2n) is 5.85. The smallest absolute Gasteiger partial charge is 0.0598 e. The molecule has 1 aromatic rings. The Bertz CT molecular complexity index is 365. The van der Waals surface area contributed by atoms with E-state index in [2.05, 4.69) is 11.2 Å². The molecule has 1 aliphatic rings. The van der Waals surface area contributed by atoms with Crippen LogP contribution in [0.2, 0.25) is 0 Å². The van der Waals surface area contributed by atoms with Crippen LogP contribution in [0.4, 0.5) is 0 Å². The maximum atomic E-state index is 10.2. The van der Waals surface area contributed by atoms with E-state index in [1.807, 2.05) is 18.7 Å². The van der Waals surface area contributed by atoms with Crippen LogP contribution in [-0.4, -0.2) is 21.0 Å². The van der Waals surface area contributed by atoms with Crippen molar-refractivity contribution in [3.8, 4) is 0 Å². The summed E-state index contributed by atoms with van der Waals surface area (Å²) in [5.41, 5.74) is 2.18. The van der Waals surface area contributed by atoms with Gasteiger partial charge in [0.15, 0.2) is 0 Å². The molecule has 1 N–H and O–H groups in total. The van der Waals surface area contributed by atoms with Crippen LogP contribution in [0, 0.1) is 12.8 Å². The van der Waals surface area contributed by atoms with Gasteiger partial charge in [-0.05, 0) is 25.3 Å². The second-order valence-corrected chi connectivity index (χ2v) is 5.85. The summed E-state index contributed by atoms with van der Waals surface area (Å²) in [7, 11) is 1.96. The monoisotopic (exact) mass is 250 g/mol. The van der Waals surface area contributed by atoms with Crippen LogP contribution in [0.5, 0.6) is 0 Å². The SMILES string of the molecule is Cc1cc(CC(O)CC2CCCCCC2)n(C)n1.